The highest BCUT2D eigenvalue weighted by atomic mass is 32.2. The molecular formula is C14H15N3O3S. The second-order valence-corrected chi connectivity index (χ2v) is 6.13. The summed E-state index contributed by atoms with van der Waals surface area (Å²) in [4.78, 5) is 16.0. The van der Waals surface area contributed by atoms with Gasteiger partial charge in [0.25, 0.3) is 0 Å². The van der Waals surface area contributed by atoms with Crippen molar-refractivity contribution in [3.63, 3.8) is 0 Å². The molecule has 1 heterocycles. The highest BCUT2D eigenvalue weighted by molar-refractivity contribution is 7.89. The van der Waals surface area contributed by atoms with Crippen LogP contribution in [0.5, 0.6) is 0 Å². The molecule has 7 heteroatoms. The molecular weight excluding hydrogens is 290 g/mol. The van der Waals surface area contributed by atoms with Gasteiger partial charge in [-0.05, 0) is 42.8 Å². The second kappa shape index (κ2) is 6.02. The van der Waals surface area contributed by atoms with E-state index in [0.29, 0.717) is 16.9 Å². The first-order valence-corrected chi connectivity index (χ1v) is 7.74. The molecule has 0 atom stereocenters. The third-order valence-corrected chi connectivity index (χ3v) is 3.78. The normalized spacial score (nSPS) is 11.1. The zero-order valence-corrected chi connectivity index (χ0v) is 12.2. The van der Waals surface area contributed by atoms with Crippen LogP contribution in [0, 0.1) is 6.92 Å². The van der Waals surface area contributed by atoms with E-state index in [9.17, 15) is 13.2 Å². The first-order valence-electron chi connectivity index (χ1n) is 6.19. The van der Waals surface area contributed by atoms with Crippen LogP contribution in [0.3, 0.4) is 0 Å². The molecule has 6 nitrogen and oxygen atoms in total. The van der Waals surface area contributed by atoms with E-state index in [-0.39, 0.29) is 17.2 Å². The molecule has 2 rings (SSSR count). The van der Waals surface area contributed by atoms with E-state index in [2.05, 4.69) is 10.3 Å². The third-order valence-electron chi connectivity index (χ3n) is 2.87. The number of carbonyl (C=O) groups is 1. The van der Waals surface area contributed by atoms with Gasteiger partial charge in [-0.3, -0.25) is 9.78 Å². The first-order chi connectivity index (χ1) is 9.86. The topological polar surface area (TPSA) is 102 Å². The van der Waals surface area contributed by atoms with Gasteiger partial charge >= 0.3 is 0 Å². The van der Waals surface area contributed by atoms with Crippen LogP contribution in [0.4, 0.5) is 5.69 Å². The number of primary sulfonamides is 1. The monoisotopic (exact) mass is 305 g/mol. The molecule has 1 aromatic carbocycles. The van der Waals surface area contributed by atoms with Crippen molar-refractivity contribution in [1.29, 1.82) is 0 Å². The molecule has 21 heavy (non-hydrogen) atoms. The number of nitrogens with two attached hydrogens (primary N) is 1. The molecule has 0 unspecified atom stereocenters. The van der Waals surface area contributed by atoms with Crippen molar-refractivity contribution in [2.75, 3.05) is 5.32 Å². The summed E-state index contributed by atoms with van der Waals surface area (Å²) in [6.45, 7) is 1.70. The fraction of sp³-hybridized carbons (Fsp3) is 0.143. The predicted molar refractivity (Wildman–Crippen MR) is 79.1 cm³/mol. The van der Waals surface area contributed by atoms with E-state index in [0.717, 1.165) is 0 Å². The summed E-state index contributed by atoms with van der Waals surface area (Å²) in [6, 6.07) is 9.64. The minimum absolute atomic E-state index is 0.0164. The Hall–Kier alpha value is -2.25. The summed E-state index contributed by atoms with van der Waals surface area (Å²) in [7, 11) is -3.74. The molecule has 0 saturated heterocycles. The summed E-state index contributed by atoms with van der Waals surface area (Å²) in [5.41, 5.74) is 1.83. The van der Waals surface area contributed by atoms with E-state index < -0.39 is 10.0 Å². The highest BCUT2D eigenvalue weighted by Crippen LogP contribution is 2.19. The number of anilines is 1. The molecule has 0 spiro atoms. The van der Waals surface area contributed by atoms with Crippen LogP contribution >= 0.6 is 0 Å². The zero-order valence-electron chi connectivity index (χ0n) is 11.4. The smallest absolute Gasteiger partial charge is 0.238 e. The van der Waals surface area contributed by atoms with Crippen molar-refractivity contribution in [2.45, 2.75) is 18.2 Å². The van der Waals surface area contributed by atoms with Gasteiger partial charge in [-0.2, -0.15) is 0 Å². The number of sulfonamides is 1. The lowest BCUT2D eigenvalue weighted by Gasteiger charge is -2.09. The van der Waals surface area contributed by atoms with E-state index in [1.807, 2.05) is 6.07 Å². The number of amides is 1. The van der Waals surface area contributed by atoms with E-state index in [4.69, 9.17) is 5.14 Å². The summed E-state index contributed by atoms with van der Waals surface area (Å²) >= 11 is 0. The van der Waals surface area contributed by atoms with E-state index in [1.54, 1.807) is 25.3 Å². The number of nitrogens with zero attached hydrogens (tertiary/aromatic N) is 1. The molecule has 2 aromatic rings. The number of hydrogen-bond donors (Lipinski definition) is 2. The second-order valence-electron chi connectivity index (χ2n) is 4.57. The summed E-state index contributed by atoms with van der Waals surface area (Å²) < 4.78 is 22.5. The number of benzene rings is 1. The lowest BCUT2D eigenvalue weighted by Crippen LogP contribution is -2.17. The third kappa shape index (κ3) is 4.11. The lowest BCUT2D eigenvalue weighted by molar-refractivity contribution is -0.115. The van der Waals surface area contributed by atoms with Crippen molar-refractivity contribution < 1.29 is 13.2 Å². The van der Waals surface area contributed by atoms with Crippen LogP contribution in [0.1, 0.15) is 11.3 Å². The average Bonchev–Trinajstić information content (AvgIpc) is 2.41. The summed E-state index contributed by atoms with van der Waals surface area (Å²) in [6.07, 6.45) is 1.77. The van der Waals surface area contributed by atoms with Crippen LogP contribution in [0.15, 0.2) is 47.5 Å². The Morgan fingerprint density at radius 3 is 2.62 bits per heavy atom. The molecule has 0 aliphatic carbocycles. The van der Waals surface area contributed by atoms with Crippen molar-refractivity contribution in [1.82, 2.24) is 4.98 Å². The number of pyridine rings is 1. The highest BCUT2D eigenvalue weighted by Gasteiger charge is 2.11. The van der Waals surface area contributed by atoms with Gasteiger partial charge in [0.05, 0.1) is 11.3 Å². The van der Waals surface area contributed by atoms with Gasteiger partial charge in [0.15, 0.2) is 0 Å². The molecule has 0 bridgehead atoms. The van der Waals surface area contributed by atoms with Crippen molar-refractivity contribution >= 4 is 21.6 Å². The predicted octanol–water partition coefficient (Wildman–Crippen LogP) is 1.22. The van der Waals surface area contributed by atoms with Crippen molar-refractivity contribution in [3.8, 4) is 0 Å². The van der Waals surface area contributed by atoms with Gasteiger partial charge in [-0.15, -0.1) is 0 Å². The number of aromatic nitrogens is 1. The Morgan fingerprint density at radius 2 is 2.05 bits per heavy atom. The number of aryl methyl sites for hydroxylation is 1. The maximum Gasteiger partial charge on any atom is 0.238 e. The molecule has 0 aliphatic rings. The van der Waals surface area contributed by atoms with Gasteiger partial charge in [0.1, 0.15) is 0 Å². The molecule has 3 N–H and O–H groups in total. The summed E-state index contributed by atoms with van der Waals surface area (Å²) in [5.74, 6) is -0.222. The first kappa shape index (κ1) is 15.1. The molecule has 0 saturated carbocycles. The van der Waals surface area contributed by atoms with Crippen LogP contribution in [-0.2, 0) is 21.2 Å². The number of rotatable bonds is 4. The lowest BCUT2D eigenvalue weighted by atomic mass is 10.2. The maximum atomic E-state index is 11.9. The van der Waals surface area contributed by atoms with Gasteiger partial charge in [-0.25, -0.2) is 13.6 Å². The quantitative estimate of drug-likeness (QED) is 0.886. The van der Waals surface area contributed by atoms with Gasteiger partial charge < -0.3 is 5.32 Å². The van der Waals surface area contributed by atoms with Gasteiger partial charge in [0, 0.05) is 17.6 Å². The minimum atomic E-state index is -3.74. The largest absolute Gasteiger partial charge is 0.326 e. The Labute approximate surface area is 123 Å². The minimum Gasteiger partial charge on any atom is -0.326 e. The molecule has 110 valence electrons. The van der Waals surface area contributed by atoms with E-state index >= 15 is 0 Å². The molecule has 0 aliphatic heterocycles. The molecule has 1 amide bonds. The fourth-order valence-electron chi connectivity index (χ4n) is 1.81. The van der Waals surface area contributed by atoms with Crippen molar-refractivity contribution in [3.05, 3.63) is 53.9 Å². The number of carbonyl (C=O) groups excluding carboxylic acids is 1. The van der Waals surface area contributed by atoms with Crippen molar-refractivity contribution in [2.24, 2.45) is 5.14 Å². The van der Waals surface area contributed by atoms with E-state index in [1.165, 1.54) is 18.2 Å². The van der Waals surface area contributed by atoms with Gasteiger partial charge in [0.2, 0.25) is 15.9 Å². The molecule has 1 aromatic heterocycles. The SMILES string of the molecule is Cc1cc(S(N)(=O)=O)ccc1NC(=O)Cc1ccccn1. The Kier molecular flexibility index (Phi) is 4.35. The van der Waals surface area contributed by atoms with Crippen LogP contribution in [0.25, 0.3) is 0 Å². The Morgan fingerprint density at radius 1 is 1.29 bits per heavy atom. The standard InChI is InChI=1S/C14H15N3O3S/c1-10-8-12(21(15,19)20)5-6-13(10)17-14(18)9-11-4-2-3-7-16-11/h2-8H,9H2,1H3,(H,17,18)(H2,15,19,20). The van der Waals surface area contributed by atoms with Gasteiger partial charge in [-0.1, -0.05) is 6.07 Å². The van der Waals surface area contributed by atoms with Crippen LogP contribution in [-0.4, -0.2) is 19.3 Å². The van der Waals surface area contributed by atoms with Crippen LogP contribution < -0.4 is 10.5 Å². The fourth-order valence-corrected chi connectivity index (χ4v) is 2.41. The molecule has 0 radical (unpaired) electrons. The Bertz CT molecular complexity index is 758. The number of hydrogen-bond acceptors (Lipinski definition) is 4. The molecule has 0 fully saturated rings. The number of nitrogens with one attached hydrogen (secondary N) is 1. The van der Waals surface area contributed by atoms with Crippen LogP contribution in [0.2, 0.25) is 0 Å². The average molecular weight is 305 g/mol. The zero-order chi connectivity index (χ0) is 15.5. The maximum absolute atomic E-state index is 11.9. The Balaban J connectivity index is 2.11. The summed E-state index contributed by atoms with van der Waals surface area (Å²) in [5, 5.41) is 7.78.